The van der Waals surface area contributed by atoms with Gasteiger partial charge in [-0.1, -0.05) is 0 Å². The lowest BCUT2D eigenvalue weighted by molar-refractivity contribution is 0.166. The average Bonchev–Trinajstić information content (AvgIpc) is 2.47. The summed E-state index contributed by atoms with van der Waals surface area (Å²) in [5.41, 5.74) is 0.864. The molecule has 1 atom stereocenters. The number of aryl methyl sites for hydroxylation is 1. The molecule has 1 rings (SSSR count). The summed E-state index contributed by atoms with van der Waals surface area (Å²) in [6, 6.07) is 0. The zero-order valence-electron chi connectivity index (χ0n) is 7.07. The van der Waals surface area contributed by atoms with E-state index in [1.54, 1.807) is 10.9 Å². The van der Waals surface area contributed by atoms with E-state index < -0.39 is 6.10 Å². The molecule has 0 aliphatic rings. The first-order valence-corrected chi connectivity index (χ1v) is 4.50. The molecule has 0 radical (unpaired) electrons. The molecule has 3 nitrogen and oxygen atoms in total. The number of aliphatic hydroxyl groups excluding tert-OH is 1. The third-order valence-electron chi connectivity index (χ3n) is 1.72. The highest BCUT2D eigenvalue weighted by Gasteiger charge is 2.07. The standard InChI is InChI=1S/C8H13ClN2O/c1-11-6-7(5-10-11)8(12)3-2-4-9/h5-6,8,12H,2-4H2,1H3. The van der Waals surface area contributed by atoms with Gasteiger partial charge in [-0.05, 0) is 12.8 Å². The first kappa shape index (κ1) is 9.55. The van der Waals surface area contributed by atoms with Crippen molar-refractivity contribution in [3.05, 3.63) is 18.0 Å². The average molecular weight is 189 g/mol. The van der Waals surface area contributed by atoms with Gasteiger partial charge in [0.25, 0.3) is 0 Å². The van der Waals surface area contributed by atoms with Crippen LogP contribution < -0.4 is 0 Å². The molecule has 1 aromatic heterocycles. The second-order valence-corrected chi connectivity index (χ2v) is 3.17. The van der Waals surface area contributed by atoms with Crippen molar-refractivity contribution < 1.29 is 5.11 Å². The maximum absolute atomic E-state index is 9.55. The molecule has 4 heteroatoms. The summed E-state index contributed by atoms with van der Waals surface area (Å²) in [6.45, 7) is 0. The summed E-state index contributed by atoms with van der Waals surface area (Å²) in [4.78, 5) is 0. The van der Waals surface area contributed by atoms with Crippen molar-refractivity contribution in [3.63, 3.8) is 0 Å². The molecule has 0 aliphatic heterocycles. The maximum atomic E-state index is 9.55. The van der Waals surface area contributed by atoms with Crippen LogP contribution >= 0.6 is 11.6 Å². The van der Waals surface area contributed by atoms with Gasteiger partial charge in [0.1, 0.15) is 0 Å². The summed E-state index contributed by atoms with van der Waals surface area (Å²) >= 11 is 5.51. The van der Waals surface area contributed by atoms with Crippen molar-refractivity contribution >= 4 is 11.6 Å². The summed E-state index contributed by atoms with van der Waals surface area (Å²) in [6.07, 6.45) is 4.61. The predicted molar refractivity (Wildman–Crippen MR) is 48.1 cm³/mol. The molecular formula is C8H13ClN2O. The third kappa shape index (κ3) is 2.50. The van der Waals surface area contributed by atoms with Crippen LogP contribution in [0, 0.1) is 0 Å². The van der Waals surface area contributed by atoms with Gasteiger partial charge in [-0.25, -0.2) is 0 Å². The van der Waals surface area contributed by atoms with Gasteiger partial charge < -0.3 is 5.11 Å². The Morgan fingerprint density at radius 1 is 1.75 bits per heavy atom. The number of aliphatic hydroxyl groups is 1. The van der Waals surface area contributed by atoms with Crippen LogP contribution in [0.25, 0.3) is 0 Å². The van der Waals surface area contributed by atoms with Crippen molar-refractivity contribution in [1.29, 1.82) is 0 Å². The van der Waals surface area contributed by atoms with Crippen molar-refractivity contribution in [3.8, 4) is 0 Å². The number of halogens is 1. The minimum Gasteiger partial charge on any atom is -0.388 e. The highest BCUT2D eigenvalue weighted by molar-refractivity contribution is 6.17. The van der Waals surface area contributed by atoms with Crippen LogP contribution in [0.1, 0.15) is 24.5 Å². The van der Waals surface area contributed by atoms with E-state index in [9.17, 15) is 5.11 Å². The smallest absolute Gasteiger partial charge is 0.0821 e. The van der Waals surface area contributed by atoms with E-state index in [4.69, 9.17) is 11.6 Å². The molecule has 68 valence electrons. The molecule has 1 heterocycles. The van der Waals surface area contributed by atoms with E-state index in [0.29, 0.717) is 12.3 Å². The lowest BCUT2D eigenvalue weighted by atomic mass is 10.1. The second kappa shape index (κ2) is 4.48. The summed E-state index contributed by atoms with van der Waals surface area (Å²) < 4.78 is 1.68. The van der Waals surface area contributed by atoms with Gasteiger partial charge in [0.2, 0.25) is 0 Å². The molecule has 0 saturated carbocycles. The van der Waals surface area contributed by atoms with Crippen molar-refractivity contribution in [2.45, 2.75) is 18.9 Å². The molecule has 0 amide bonds. The molecule has 0 spiro atoms. The van der Waals surface area contributed by atoms with Crippen LogP contribution in [0.2, 0.25) is 0 Å². The van der Waals surface area contributed by atoms with E-state index >= 15 is 0 Å². The van der Waals surface area contributed by atoms with E-state index in [-0.39, 0.29) is 0 Å². The number of hydrogen-bond donors (Lipinski definition) is 1. The summed E-state index contributed by atoms with van der Waals surface area (Å²) in [7, 11) is 1.83. The fourth-order valence-corrected chi connectivity index (χ4v) is 1.20. The van der Waals surface area contributed by atoms with Crippen molar-refractivity contribution in [1.82, 2.24) is 9.78 Å². The molecule has 0 aromatic carbocycles. The van der Waals surface area contributed by atoms with E-state index in [2.05, 4.69) is 5.10 Å². The Hall–Kier alpha value is -0.540. The first-order chi connectivity index (χ1) is 5.74. The molecule has 1 N–H and O–H groups in total. The second-order valence-electron chi connectivity index (χ2n) is 2.79. The Balaban J connectivity index is 2.47. The highest BCUT2D eigenvalue weighted by atomic mass is 35.5. The number of nitrogens with zero attached hydrogens (tertiary/aromatic N) is 2. The topological polar surface area (TPSA) is 38.0 Å². The Labute approximate surface area is 77.0 Å². The Morgan fingerprint density at radius 2 is 2.50 bits per heavy atom. The van der Waals surface area contributed by atoms with Crippen LogP contribution in [0.15, 0.2) is 12.4 Å². The van der Waals surface area contributed by atoms with Crippen LogP contribution in [0.5, 0.6) is 0 Å². The number of aromatic nitrogens is 2. The zero-order valence-corrected chi connectivity index (χ0v) is 7.83. The lowest BCUT2D eigenvalue weighted by Gasteiger charge is -2.05. The molecule has 0 bridgehead atoms. The Kier molecular flexibility index (Phi) is 3.56. The van der Waals surface area contributed by atoms with E-state index in [1.807, 2.05) is 13.2 Å². The van der Waals surface area contributed by atoms with Crippen LogP contribution in [-0.2, 0) is 7.05 Å². The third-order valence-corrected chi connectivity index (χ3v) is 1.99. The molecule has 12 heavy (non-hydrogen) atoms. The SMILES string of the molecule is Cn1cc(C(O)CCCCl)cn1. The fourth-order valence-electron chi connectivity index (χ4n) is 1.05. The van der Waals surface area contributed by atoms with Crippen molar-refractivity contribution in [2.75, 3.05) is 5.88 Å². The Bertz CT molecular complexity index is 237. The van der Waals surface area contributed by atoms with Gasteiger partial charge in [0.15, 0.2) is 0 Å². The molecule has 0 aliphatic carbocycles. The van der Waals surface area contributed by atoms with E-state index in [0.717, 1.165) is 12.0 Å². The van der Waals surface area contributed by atoms with Crippen LogP contribution in [0.3, 0.4) is 0 Å². The fraction of sp³-hybridized carbons (Fsp3) is 0.625. The number of rotatable bonds is 4. The minimum atomic E-state index is -0.419. The van der Waals surface area contributed by atoms with Gasteiger partial charge >= 0.3 is 0 Å². The maximum Gasteiger partial charge on any atom is 0.0821 e. The Morgan fingerprint density at radius 3 is 3.00 bits per heavy atom. The number of hydrogen-bond acceptors (Lipinski definition) is 2. The highest BCUT2D eigenvalue weighted by Crippen LogP contribution is 2.16. The molecular weight excluding hydrogens is 176 g/mol. The van der Waals surface area contributed by atoms with E-state index in [1.165, 1.54) is 0 Å². The molecule has 1 unspecified atom stereocenters. The van der Waals surface area contributed by atoms with Crippen molar-refractivity contribution in [2.24, 2.45) is 7.05 Å². The summed E-state index contributed by atoms with van der Waals surface area (Å²) in [5.74, 6) is 0.595. The van der Waals surface area contributed by atoms with Crippen LogP contribution in [-0.4, -0.2) is 20.8 Å². The lowest BCUT2D eigenvalue weighted by Crippen LogP contribution is -1.96. The minimum absolute atomic E-state index is 0.419. The van der Waals surface area contributed by atoms with Gasteiger partial charge in [-0.2, -0.15) is 5.10 Å². The van der Waals surface area contributed by atoms with Crippen LogP contribution in [0.4, 0.5) is 0 Å². The molecule has 1 aromatic rings. The summed E-state index contributed by atoms with van der Waals surface area (Å²) in [5, 5.41) is 13.5. The van der Waals surface area contributed by atoms with Gasteiger partial charge in [0.05, 0.1) is 12.3 Å². The zero-order chi connectivity index (χ0) is 8.97. The van der Waals surface area contributed by atoms with Gasteiger partial charge in [-0.15, -0.1) is 11.6 Å². The largest absolute Gasteiger partial charge is 0.388 e. The van der Waals surface area contributed by atoms with Gasteiger partial charge in [0, 0.05) is 24.7 Å². The monoisotopic (exact) mass is 188 g/mol. The molecule has 0 fully saturated rings. The first-order valence-electron chi connectivity index (χ1n) is 3.96. The predicted octanol–water partition coefficient (Wildman–Crippen LogP) is 1.47. The van der Waals surface area contributed by atoms with Gasteiger partial charge in [-0.3, -0.25) is 4.68 Å². The normalized spacial score (nSPS) is 13.2. The number of alkyl halides is 1. The quantitative estimate of drug-likeness (QED) is 0.727. The molecule has 0 saturated heterocycles.